The van der Waals surface area contributed by atoms with Gasteiger partial charge in [-0.2, -0.15) is 0 Å². The topological polar surface area (TPSA) is 51.2 Å². The Morgan fingerprint density at radius 3 is 3.04 bits per heavy atom. The number of hydrogen-bond acceptors (Lipinski definition) is 5. The Bertz CT molecular complexity index is 715. The lowest BCUT2D eigenvalue weighted by atomic mass is 10.0. The van der Waals surface area contributed by atoms with Gasteiger partial charge in [0.25, 0.3) is 5.91 Å². The zero-order valence-electron chi connectivity index (χ0n) is 13.3. The van der Waals surface area contributed by atoms with Gasteiger partial charge < -0.3 is 10.1 Å². The van der Waals surface area contributed by atoms with Gasteiger partial charge in [-0.15, -0.1) is 0 Å². The number of fused-ring (bicyclic) bond motifs is 1. The molecule has 0 bridgehead atoms. The summed E-state index contributed by atoms with van der Waals surface area (Å²) in [6.45, 7) is 3.37. The minimum Gasteiger partial charge on any atom is -0.373 e. The van der Waals surface area contributed by atoms with E-state index in [9.17, 15) is 4.79 Å². The second-order valence-corrected chi connectivity index (χ2v) is 8.29. The van der Waals surface area contributed by atoms with Crippen molar-refractivity contribution in [2.45, 2.75) is 30.3 Å². The van der Waals surface area contributed by atoms with Crippen molar-refractivity contribution in [3.8, 4) is 0 Å². The normalized spacial score (nSPS) is 20.8. The van der Waals surface area contributed by atoms with Crippen LogP contribution in [0.3, 0.4) is 0 Å². The van der Waals surface area contributed by atoms with Gasteiger partial charge >= 0.3 is 0 Å². The Balaban J connectivity index is 1.84. The predicted octanol–water partition coefficient (Wildman–Crippen LogP) is 3.90. The maximum Gasteiger partial charge on any atom is 0.252 e. The molecular formula is C17H20N2O2S2. The molecular weight excluding hydrogens is 328 g/mol. The van der Waals surface area contributed by atoms with Crippen molar-refractivity contribution in [2.24, 2.45) is 0 Å². The number of rotatable bonds is 5. The van der Waals surface area contributed by atoms with Gasteiger partial charge in [-0.3, -0.25) is 9.78 Å². The maximum atomic E-state index is 12.6. The highest BCUT2D eigenvalue weighted by Crippen LogP contribution is 2.34. The number of nitrogens with zero attached hydrogens (tertiary/aromatic N) is 1. The molecule has 2 heterocycles. The van der Waals surface area contributed by atoms with Crippen LogP contribution in [-0.4, -0.2) is 35.9 Å². The zero-order valence-corrected chi connectivity index (χ0v) is 14.9. The molecule has 4 nitrogen and oxygen atoms in total. The first-order valence-corrected chi connectivity index (χ1v) is 10.2. The molecule has 1 aromatic heterocycles. The highest BCUT2D eigenvalue weighted by atomic mass is 33.1. The van der Waals surface area contributed by atoms with Gasteiger partial charge in [-0.25, -0.2) is 0 Å². The second kappa shape index (κ2) is 7.11. The Kier molecular flexibility index (Phi) is 5.14. The SMILES string of the molecule is CSSc1ccc(C(=O)NCC2(C)CCCO2)c2cccnc12. The number of carbonyl (C=O) groups excluding carboxylic acids is 1. The van der Waals surface area contributed by atoms with Crippen molar-refractivity contribution in [3.63, 3.8) is 0 Å². The van der Waals surface area contributed by atoms with E-state index in [4.69, 9.17) is 4.74 Å². The van der Waals surface area contributed by atoms with Crippen molar-refractivity contribution in [1.29, 1.82) is 0 Å². The van der Waals surface area contributed by atoms with E-state index in [0.29, 0.717) is 12.1 Å². The molecule has 1 aliphatic rings. The lowest BCUT2D eigenvalue weighted by molar-refractivity contribution is 0.0206. The summed E-state index contributed by atoms with van der Waals surface area (Å²) in [5, 5.41) is 3.91. The van der Waals surface area contributed by atoms with Gasteiger partial charge in [0.2, 0.25) is 0 Å². The van der Waals surface area contributed by atoms with Crippen LogP contribution in [0.4, 0.5) is 0 Å². The van der Waals surface area contributed by atoms with E-state index in [-0.39, 0.29) is 11.5 Å². The molecule has 1 amide bonds. The lowest BCUT2D eigenvalue weighted by Crippen LogP contribution is -2.40. The molecule has 0 radical (unpaired) electrons. The average Bonchev–Trinajstić information content (AvgIpc) is 3.00. The first-order valence-electron chi connectivity index (χ1n) is 7.63. The summed E-state index contributed by atoms with van der Waals surface area (Å²) in [7, 11) is 3.33. The van der Waals surface area contributed by atoms with Gasteiger partial charge in [0.1, 0.15) is 0 Å². The summed E-state index contributed by atoms with van der Waals surface area (Å²) < 4.78 is 5.73. The van der Waals surface area contributed by atoms with Gasteiger partial charge in [0, 0.05) is 35.2 Å². The molecule has 2 aromatic rings. The van der Waals surface area contributed by atoms with E-state index in [0.717, 1.165) is 35.2 Å². The minimum atomic E-state index is -0.238. The molecule has 1 N–H and O–H groups in total. The van der Waals surface area contributed by atoms with E-state index in [1.807, 2.05) is 30.5 Å². The highest BCUT2D eigenvalue weighted by molar-refractivity contribution is 8.76. The van der Waals surface area contributed by atoms with Crippen LogP contribution in [0.25, 0.3) is 10.9 Å². The van der Waals surface area contributed by atoms with Crippen LogP contribution in [0.5, 0.6) is 0 Å². The van der Waals surface area contributed by atoms with Crippen LogP contribution in [0.15, 0.2) is 35.4 Å². The Labute approximate surface area is 144 Å². The summed E-state index contributed by atoms with van der Waals surface area (Å²) in [5.41, 5.74) is 1.31. The van der Waals surface area contributed by atoms with E-state index in [1.165, 1.54) is 0 Å². The molecule has 122 valence electrons. The standard InChI is InChI=1S/C17H20N2O2S2/c1-17(8-4-10-21-17)11-19-16(20)13-6-7-14(23-22-2)15-12(13)5-3-9-18-15/h3,5-7,9H,4,8,10-11H2,1-2H3,(H,19,20). The molecule has 1 saturated heterocycles. The van der Waals surface area contributed by atoms with Gasteiger partial charge in [-0.1, -0.05) is 27.7 Å². The van der Waals surface area contributed by atoms with E-state index in [1.54, 1.807) is 27.8 Å². The third-order valence-electron chi connectivity index (χ3n) is 4.07. The number of aromatic nitrogens is 1. The van der Waals surface area contributed by atoms with Crippen LogP contribution in [0, 0.1) is 0 Å². The summed E-state index contributed by atoms with van der Waals surface area (Å²) in [6.07, 6.45) is 5.84. The van der Waals surface area contributed by atoms with Gasteiger partial charge in [0.05, 0.1) is 11.1 Å². The number of benzene rings is 1. The van der Waals surface area contributed by atoms with Crippen molar-refractivity contribution in [2.75, 3.05) is 19.4 Å². The third-order valence-corrected chi connectivity index (χ3v) is 5.79. The number of hydrogen-bond donors (Lipinski definition) is 1. The first kappa shape index (κ1) is 16.6. The van der Waals surface area contributed by atoms with E-state index >= 15 is 0 Å². The highest BCUT2D eigenvalue weighted by Gasteiger charge is 2.30. The summed E-state index contributed by atoms with van der Waals surface area (Å²) in [5.74, 6) is -0.0690. The fraction of sp³-hybridized carbons (Fsp3) is 0.412. The Hall–Kier alpha value is -1.24. The molecule has 3 rings (SSSR count). The lowest BCUT2D eigenvalue weighted by Gasteiger charge is -2.23. The molecule has 23 heavy (non-hydrogen) atoms. The summed E-state index contributed by atoms with van der Waals surface area (Å²) in [4.78, 5) is 18.2. The van der Waals surface area contributed by atoms with Crippen molar-refractivity contribution < 1.29 is 9.53 Å². The quantitative estimate of drug-likeness (QED) is 0.831. The first-order chi connectivity index (χ1) is 11.1. The third kappa shape index (κ3) is 3.65. The molecule has 1 atom stereocenters. The number of pyridine rings is 1. The minimum absolute atomic E-state index is 0.0690. The monoisotopic (exact) mass is 348 g/mol. The van der Waals surface area contributed by atoms with Crippen molar-refractivity contribution in [1.82, 2.24) is 10.3 Å². The molecule has 0 spiro atoms. The number of carbonyl (C=O) groups is 1. The van der Waals surface area contributed by atoms with E-state index in [2.05, 4.69) is 17.2 Å². The Morgan fingerprint density at radius 2 is 2.30 bits per heavy atom. The van der Waals surface area contributed by atoms with Gasteiger partial charge in [0.15, 0.2) is 0 Å². The molecule has 1 unspecified atom stereocenters. The fourth-order valence-corrected chi connectivity index (χ4v) is 4.33. The largest absolute Gasteiger partial charge is 0.373 e. The molecule has 1 aromatic carbocycles. The van der Waals surface area contributed by atoms with E-state index < -0.39 is 0 Å². The number of amides is 1. The Morgan fingerprint density at radius 1 is 1.43 bits per heavy atom. The molecule has 1 aliphatic heterocycles. The molecule has 0 aliphatic carbocycles. The van der Waals surface area contributed by atoms with Crippen LogP contribution in [-0.2, 0) is 4.74 Å². The number of ether oxygens (including phenoxy) is 1. The maximum absolute atomic E-state index is 12.6. The van der Waals surface area contributed by atoms with Crippen LogP contribution in [0.1, 0.15) is 30.1 Å². The average molecular weight is 348 g/mol. The molecule has 0 saturated carbocycles. The van der Waals surface area contributed by atoms with Crippen LogP contribution >= 0.6 is 21.6 Å². The summed E-state index contributed by atoms with van der Waals surface area (Å²) >= 11 is 0. The van der Waals surface area contributed by atoms with Crippen molar-refractivity contribution >= 4 is 38.4 Å². The van der Waals surface area contributed by atoms with Crippen LogP contribution in [0.2, 0.25) is 0 Å². The van der Waals surface area contributed by atoms with Crippen LogP contribution < -0.4 is 5.32 Å². The second-order valence-electron chi connectivity index (χ2n) is 5.85. The van der Waals surface area contributed by atoms with Gasteiger partial charge in [-0.05, 0) is 44.2 Å². The smallest absolute Gasteiger partial charge is 0.252 e. The van der Waals surface area contributed by atoms with Crippen molar-refractivity contribution in [3.05, 3.63) is 36.0 Å². The molecule has 1 fully saturated rings. The predicted molar refractivity (Wildman–Crippen MR) is 97.0 cm³/mol. The zero-order chi connectivity index (χ0) is 16.3. The number of nitrogens with one attached hydrogen (secondary N) is 1. The molecule has 6 heteroatoms. The summed E-state index contributed by atoms with van der Waals surface area (Å²) in [6, 6.07) is 7.68. The fourth-order valence-electron chi connectivity index (χ4n) is 2.84.